The second-order valence-corrected chi connectivity index (χ2v) is 7.51. The molecule has 1 heterocycles. The van der Waals surface area contributed by atoms with E-state index in [1.54, 1.807) is 13.0 Å². The standard InChI is InChI=1S/C7H10BrNO2S2/c1-5-6(4-7(8)12-5)13(10,11)9(2)3/h4H,1-3H3. The number of rotatable bonds is 2. The lowest BCUT2D eigenvalue weighted by molar-refractivity contribution is 0.520. The van der Waals surface area contributed by atoms with Crippen LogP contribution in [-0.2, 0) is 10.0 Å². The van der Waals surface area contributed by atoms with Gasteiger partial charge in [0.2, 0.25) is 10.0 Å². The zero-order valence-electron chi connectivity index (χ0n) is 7.54. The minimum Gasteiger partial charge on any atom is -0.207 e. The second kappa shape index (κ2) is 3.68. The van der Waals surface area contributed by atoms with E-state index in [-0.39, 0.29) is 0 Å². The van der Waals surface area contributed by atoms with Crippen LogP contribution < -0.4 is 0 Å². The minimum absolute atomic E-state index is 0.384. The average Bonchev–Trinajstić information content (AvgIpc) is 2.30. The molecule has 1 rings (SSSR count). The predicted octanol–water partition coefficient (Wildman–Crippen LogP) is 2.07. The first kappa shape index (κ1) is 11.2. The van der Waals surface area contributed by atoms with Crippen LogP contribution in [0.25, 0.3) is 0 Å². The van der Waals surface area contributed by atoms with Crippen LogP contribution in [0.5, 0.6) is 0 Å². The lowest BCUT2D eigenvalue weighted by atomic mass is 10.5. The van der Waals surface area contributed by atoms with E-state index in [1.165, 1.54) is 29.7 Å². The van der Waals surface area contributed by atoms with Crippen LogP contribution in [0, 0.1) is 6.92 Å². The van der Waals surface area contributed by atoms with Crippen molar-refractivity contribution in [2.45, 2.75) is 11.8 Å². The summed E-state index contributed by atoms with van der Waals surface area (Å²) in [5.41, 5.74) is 0. The Hall–Kier alpha value is 0.0900. The Morgan fingerprint density at radius 2 is 2.00 bits per heavy atom. The molecular formula is C7H10BrNO2S2. The molecule has 74 valence electrons. The van der Waals surface area contributed by atoms with Gasteiger partial charge in [0.15, 0.2) is 0 Å². The molecule has 1 aromatic heterocycles. The third kappa shape index (κ3) is 2.12. The maximum atomic E-state index is 11.7. The number of aryl methyl sites for hydroxylation is 1. The molecule has 0 fully saturated rings. The first-order valence-electron chi connectivity index (χ1n) is 3.54. The topological polar surface area (TPSA) is 37.4 Å². The van der Waals surface area contributed by atoms with E-state index in [0.29, 0.717) is 4.90 Å². The maximum Gasteiger partial charge on any atom is 0.243 e. The lowest BCUT2D eigenvalue weighted by Gasteiger charge is -2.09. The van der Waals surface area contributed by atoms with Crippen molar-refractivity contribution in [2.75, 3.05) is 14.1 Å². The number of hydrogen-bond donors (Lipinski definition) is 0. The Kier molecular flexibility index (Phi) is 3.16. The summed E-state index contributed by atoms with van der Waals surface area (Å²) < 4.78 is 25.4. The van der Waals surface area contributed by atoms with E-state index in [4.69, 9.17) is 0 Å². The fraction of sp³-hybridized carbons (Fsp3) is 0.429. The largest absolute Gasteiger partial charge is 0.243 e. The molecule has 0 aliphatic carbocycles. The maximum absolute atomic E-state index is 11.7. The first-order valence-corrected chi connectivity index (χ1v) is 6.59. The summed E-state index contributed by atoms with van der Waals surface area (Å²) in [6.45, 7) is 1.80. The zero-order chi connectivity index (χ0) is 10.2. The van der Waals surface area contributed by atoms with E-state index in [1.807, 2.05) is 0 Å². The van der Waals surface area contributed by atoms with E-state index in [2.05, 4.69) is 15.9 Å². The van der Waals surface area contributed by atoms with E-state index < -0.39 is 10.0 Å². The summed E-state index contributed by atoms with van der Waals surface area (Å²) in [5, 5.41) is 0. The Morgan fingerprint density at radius 1 is 1.46 bits per heavy atom. The molecule has 0 aliphatic rings. The van der Waals surface area contributed by atoms with Gasteiger partial charge in [0.1, 0.15) is 0 Å². The molecule has 0 unspecified atom stereocenters. The number of halogens is 1. The zero-order valence-corrected chi connectivity index (χ0v) is 10.8. The van der Waals surface area contributed by atoms with Crippen molar-refractivity contribution in [3.8, 4) is 0 Å². The van der Waals surface area contributed by atoms with Crippen molar-refractivity contribution in [1.29, 1.82) is 0 Å². The highest BCUT2D eigenvalue weighted by molar-refractivity contribution is 9.11. The number of hydrogen-bond acceptors (Lipinski definition) is 3. The van der Waals surface area contributed by atoms with E-state index in [9.17, 15) is 8.42 Å². The second-order valence-electron chi connectivity index (χ2n) is 2.76. The van der Waals surface area contributed by atoms with Gasteiger partial charge in [0.25, 0.3) is 0 Å². The Labute approximate surface area is 90.6 Å². The Balaban J connectivity index is 3.31. The van der Waals surface area contributed by atoms with Gasteiger partial charge < -0.3 is 0 Å². The highest BCUT2D eigenvalue weighted by Crippen LogP contribution is 2.30. The van der Waals surface area contributed by atoms with Crippen LogP contribution in [0.2, 0.25) is 0 Å². The summed E-state index contributed by atoms with van der Waals surface area (Å²) in [6, 6.07) is 1.63. The molecule has 6 heteroatoms. The van der Waals surface area contributed by atoms with Gasteiger partial charge in [-0.1, -0.05) is 0 Å². The van der Waals surface area contributed by atoms with Gasteiger partial charge in [0.05, 0.1) is 8.68 Å². The highest BCUT2D eigenvalue weighted by atomic mass is 79.9. The molecule has 3 nitrogen and oxygen atoms in total. The molecule has 13 heavy (non-hydrogen) atoms. The molecule has 1 aromatic rings. The number of nitrogens with zero attached hydrogens (tertiary/aromatic N) is 1. The van der Waals surface area contributed by atoms with E-state index >= 15 is 0 Å². The van der Waals surface area contributed by atoms with Crippen molar-refractivity contribution < 1.29 is 8.42 Å². The molecule has 0 N–H and O–H groups in total. The lowest BCUT2D eigenvalue weighted by Crippen LogP contribution is -2.22. The molecule has 0 saturated carbocycles. The summed E-state index contributed by atoms with van der Waals surface area (Å²) in [4.78, 5) is 1.19. The van der Waals surface area contributed by atoms with Crippen molar-refractivity contribution in [1.82, 2.24) is 4.31 Å². The summed E-state index contributed by atoms with van der Waals surface area (Å²) >= 11 is 4.68. The van der Waals surface area contributed by atoms with Gasteiger partial charge in [-0.3, -0.25) is 0 Å². The molecule has 0 amide bonds. The third-order valence-electron chi connectivity index (χ3n) is 1.60. The van der Waals surface area contributed by atoms with Gasteiger partial charge in [-0.15, -0.1) is 11.3 Å². The van der Waals surface area contributed by atoms with Crippen LogP contribution in [0.4, 0.5) is 0 Å². The summed E-state index contributed by atoms with van der Waals surface area (Å²) in [6.07, 6.45) is 0. The Bertz CT molecular complexity index is 408. The molecule has 0 aliphatic heterocycles. The van der Waals surface area contributed by atoms with Crippen molar-refractivity contribution in [2.24, 2.45) is 0 Å². The van der Waals surface area contributed by atoms with Crippen molar-refractivity contribution in [3.05, 3.63) is 14.7 Å². The fourth-order valence-corrected chi connectivity index (χ4v) is 4.16. The number of sulfonamides is 1. The predicted molar refractivity (Wildman–Crippen MR) is 57.6 cm³/mol. The van der Waals surface area contributed by atoms with Crippen molar-refractivity contribution >= 4 is 37.3 Å². The van der Waals surface area contributed by atoms with Crippen LogP contribution in [-0.4, -0.2) is 26.8 Å². The van der Waals surface area contributed by atoms with Gasteiger partial charge >= 0.3 is 0 Å². The molecule has 0 aromatic carbocycles. The SMILES string of the molecule is Cc1sc(Br)cc1S(=O)(=O)N(C)C. The normalized spacial score (nSPS) is 12.4. The van der Waals surface area contributed by atoms with Gasteiger partial charge in [-0.05, 0) is 28.9 Å². The fourth-order valence-electron chi connectivity index (χ4n) is 0.884. The highest BCUT2D eigenvalue weighted by Gasteiger charge is 2.21. The van der Waals surface area contributed by atoms with Crippen LogP contribution >= 0.6 is 27.3 Å². The molecule has 0 spiro atoms. The first-order chi connectivity index (χ1) is 5.85. The van der Waals surface area contributed by atoms with E-state index in [0.717, 1.165) is 8.66 Å². The summed E-state index contributed by atoms with van der Waals surface area (Å²) in [7, 11) is -0.217. The molecule has 0 saturated heterocycles. The van der Waals surface area contributed by atoms with Crippen molar-refractivity contribution in [3.63, 3.8) is 0 Å². The third-order valence-corrected chi connectivity index (χ3v) is 5.22. The molecule has 0 atom stereocenters. The van der Waals surface area contributed by atoms with Gasteiger partial charge in [0, 0.05) is 19.0 Å². The molecular weight excluding hydrogens is 274 g/mol. The number of thiophene rings is 1. The van der Waals surface area contributed by atoms with Crippen LogP contribution in [0.1, 0.15) is 4.88 Å². The van der Waals surface area contributed by atoms with Gasteiger partial charge in [-0.2, -0.15) is 0 Å². The molecule has 0 bridgehead atoms. The van der Waals surface area contributed by atoms with Crippen LogP contribution in [0.3, 0.4) is 0 Å². The minimum atomic E-state index is -3.27. The monoisotopic (exact) mass is 283 g/mol. The Morgan fingerprint density at radius 3 is 2.31 bits per heavy atom. The molecule has 0 radical (unpaired) electrons. The van der Waals surface area contributed by atoms with Crippen LogP contribution in [0.15, 0.2) is 14.7 Å². The van der Waals surface area contributed by atoms with Gasteiger partial charge in [-0.25, -0.2) is 12.7 Å². The quantitative estimate of drug-likeness (QED) is 0.833. The average molecular weight is 284 g/mol. The summed E-state index contributed by atoms with van der Waals surface area (Å²) in [5.74, 6) is 0. The smallest absolute Gasteiger partial charge is 0.207 e.